The average molecular weight is 270 g/mol. The van der Waals surface area contributed by atoms with Crippen molar-refractivity contribution in [2.45, 2.75) is 53.7 Å². The number of hydrogen-bond acceptors (Lipinski definition) is 4. The van der Waals surface area contributed by atoms with Crippen LogP contribution in [0.1, 0.15) is 55.8 Å². The third-order valence-electron chi connectivity index (χ3n) is 2.87. The van der Waals surface area contributed by atoms with Gasteiger partial charge in [-0.1, -0.05) is 27.7 Å². The van der Waals surface area contributed by atoms with Crippen LogP contribution < -0.4 is 5.32 Å². The quantitative estimate of drug-likeness (QED) is 0.801. The first-order chi connectivity index (χ1) is 8.40. The minimum Gasteiger partial charge on any atom is -0.374 e. The number of ether oxygens (including phenoxy) is 1. The molecule has 0 bridgehead atoms. The first-order valence-corrected chi connectivity index (χ1v) is 7.41. The predicted molar refractivity (Wildman–Crippen MR) is 78.1 cm³/mol. The van der Waals surface area contributed by atoms with Gasteiger partial charge in [-0.05, 0) is 25.3 Å². The Morgan fingerprint density at radius 2 is 2.06 bits per heavy atom. The van der Waals surface area contributed by atoms with Gasteiger partial charge in [0.1, 0.15) is 11.1 Å². The summed E-state index contributed by atoms with van der Waals surface area (Å²) in [6.07, 6.45) is 1.23. The van der Waals surface area contributed by atoms with Crippen molar-refractivity contribution in [2.24, 2.45) is 5.41 Å². The van der Waals surface area contributed by atoms with E-state index < -0.39 is 0 Å². The average Bonchev–Trinajstić information content (AvgIpc) is 2.59. The van der Waals surface area contributed by atoms with Gasteiger partial charge in [-0.15, -0.1) is 11.3 Å². The molecule has 1 aromatic heterocycles. The van der Waals surface area contributed by atoms with E-state index in [0.717, 1.165) is 30.2 Å². The Kier molecular flexibility index (Phi) is 5.76. The second kappa shape index (κ2) is 6.64. The minimum atomic E-state index is 0.0705. The maximum absolute atomic E-state index is 5.62. The largest absolute Gasteiger partial charge is 0.374 e. The Balaban J connectivity index is 2.82. The van der Waals surface area contributed by atoms with Gasteiger partial charge in [-0.25, -0.2) is 4.98 Å². The molecule has 3 nitrogen and oxygen atoms in total. The van der Waals surface area contributed by atoms with Gasteiger partial charge < -0.3 is 10.1 Å². The highest BCUT2D eigenvalue weighted by molar-refractivity contribution is 7.11. The van der Waals surface area contributed by atoms with E-state index >= 15 is 0 Å². The number of methoxy groups -OCH3 is 1. The number of hydrogen-bond donors (Lipinski definition) is 1. The molecule has 104 valence electrons. The van der Waals surface area contributed by atoms with Crippen molar-refractivity contribution in [3.8, 4) is 0 Å². The molecule has 1 atom stereocenters. The molecule has 1 aromatic rings. The molecule has 0 aliphatic heterocycles. The minimum absolute atomic E-state index is 0.0705. The van der Waals surface area contributed by atoms with Crippen LogP contribution in [0.5, 0.6) is 0 Å². The van der Waals surface area contributed by atoms with Gasteiger partial charge in [0.2, 0.25) is 0 Å². The van der Waals surface area contributed by atoms with Crippen molar-refractivity contribution in [1.29, 1.82) is 0 Å². The number of thiazole rings is 1. The van der Waals surface area contributed by atoms with Crippen molar-refractivity contribution in [1.82, 2.24) is 10.3 Å². The van der Waals surface area contributed by atoms with Crippen molar-refractivity contribution in [3.63, 3.8) is 0 Å². The molecule has 4 heteroatoms. The van der Waals surface area contributed by atoms with Crippen molar-refractivity contribution < 1.29 is 4.74 Å². The molecule has 0 fully saturated rings. The van der Waals surface area contributed by atoms with Gasteiger partial charge >= 0.3 is 0 Å². The van der Waals surface area contributed by atoms with E-state index in [9.17, 15) is 0 Å². The number of aryl methyl sites for hydroxylation is 1. The Morgan fingerprint density at radius 1 is 1.39 bits per heavy atom. The summed E-state index contributed by atoms with van der Waals surface area (Å²) in [6, 6.07) is 0. The number of rotatable bonds is 6. The smallest absolute Gasteiger partial charge is 0.123 e. The lowest BCUT2D eigenvalue weighted by Gasteiger charge is -2.27. The highest BCUT2D eigenvalue weighted by atomic mass is 32.1. The lowest BCUT2D eigenvalue weighted by atomic mass is 9.89. The Bertz CT molecular complexity index is 368. The SMILES string of the molecule is CCCNCc1sc(C(OC)C(C)(C)C)nc1C. The van der Waals surface area contributed by atoms with E-state index in [2.05, 4.69) is 44.9 Å². The zero-order valence-electron chi connectivity index (χ0n) is 12.5. The topological polar surface area (TPSA) is 34.1 Å². The highest BCUT2D eigenvalue weighted by Crippen LogP contribution is 2.38. The summed E-state index contributed by atoms with van der Waals surface area (Å²) in [4.78, 5) is 6.00. The van der Waals surface area contributed by atoms with Crippen LogP contribution in [0.2, 0.25) is 0 Å². The summed E-state index contributed by atoms with van der Waals surface area (Å²) in [5.74, 6) is 0. The Hall–Kier alpha value is -0.450. The second-order valence-electron chi connectivity index (χ2n) is 5.72. The number of nitrogens with zero attached hydrogens (tertiary/aromatic N) is 1. The van der Waals surface area contributed by atoms with Crippen LogP contribution in [-0.4, -0.2) is 18.6 Å². The molecule has 1 rings (SSSR count). The Labute approximate surface area is 115 Å². The zero-order valence-corrected chi connectivity index (χ0v) is 13.3. The number of nitrogens with one attached hydrogen (secondary N) is 1. The summed E-state index contributed by atoms with van der Waals surface area (Å²) in [5, 5.41) is 4.52. The standard InChI is InChI=1S/C14H26N2OS/c1-7-8-15-9-11-10(2)16-13(18-11)12(17-6)14(3,4)5/h12,15H,7-9H2,1-6H3. The third kappa shape index (κ3) is 4.04. The summed E-state index contributed by atoms with van der Waals surface area (Å²) in [7, 11) is 1.77. The fourth-order valence-electron chi connectivity index (χ4n) is 1.93. The molecule has 0 radical (unpaired) electrons. The first kappa shape index (κ1) is 15.6. The summed E-state index contributed by atoms with van der Waals surface area (Å²) in [6.45, 7) is 12.8. The Morgan fingerprint density at radius 3 is 2.56 bits per heavy atom. The van der Waals surface area contributed by atoms with Gasteiger partial charge in [0.25, 0.3) is 0 Å². The van der Waals surface area contributed by atoms with Crippen molar-refractivity contribution >= 4 is 11.3 Å². The zero-order chi connectivity index (χ0) is 13.8. The van der Waals surface area contributed by atoms with Gasteiger partial charge in [0.05, 0.1) is 5.69 Å². The third-order valence-corrected chi connectivity index (χ3v) is 4.07. The van der Waals surface area contributed by atoms with E-state index in [1.807, 2.05) is 0 Å². The maximum Gasteiger partial charge on any atom is 0.123 e. The second-order valence-corrected chi connectivity index (χ2v) is 6.83. The summed E-state index contributed by atoms with van der Waals surface area (Å²) in [5.41, 5.74) is 1.21. The van der Waals surface area contributed by atoms with E-state index in [1.165, 1.54) is 4.88 Å². The molecule has 0 aliphatic rings. The molecule has 0 saturated carbocycles. The van der Waals surface area contributed by atoms with E-state index in [1.54, 1.807) is 18.4 Å². The molecular weight excluding hydrogens is 244 g/mol. The molecule has 0 aromatic carbocycles. The molecule has 18 heavy (non-hydrogen) atoms. The van der Waals surface area contributed by atoms with Crippen molar-refractivity contribution in [2.75, 3.05) is 13.7 Å². The van der Waals surface area contributed by atoms with Crippen LogP contribution in [0.3, 0.4) is 0 Å². The molecule has 1 N–H and O–H groups in total. The van der Waals surface area contributed by atoms with E-state index in [0.29, 0.717) is 0 Å². The molecule has 0 spiro atoms. The predicted octanol–water partition coefficient (Wildman–Crippen LogP) is 3.68. The molecule has 1 heterocycles. The van der Waals surface area contributed by atoms with Crippen LogP contribution >= 0.6 is 11.3 Å². The van der Waals surface area contributed by atoms with Gasteiger partial charge in [0, 0.05) is 18.5 Å². The lowest BCUT2D eigenvalue weighted by molar-refractivity contribution is 0.0150. The maximum atomic E-state index is 5.62. The fraction of sp³-hybridized carbons (Fsp3) is 0.786. The molecule has 0 saturated heterocycles. The van der Waals surface area contributed by atoms with Crippen LogP contribution in [-0.2, 0) is 11.3 Å². The van der Waals surface area contributed by atoms with E-state index in [-0.39, 0.29) is 11.5 Å². The van der Waals surface area contributed by atoms with Crippen LogP contribution in [0.4, 0.5) is 0 Å². The normalized spacial score (nSPS) is 13.9. The number of aromatic nitrogens is 1. The molecule has 0 amide bonds. The summed E-state index contributed by atoms with van der Waals surface area (Å²) >= 11 is 1.77. The molecule has 1 unspecified atom stereocenters. The van der Waals surface area contributed by atoms with Crippen LogP contribution in [0, 0.1) is 12.3 Å². The van der Waals surface area contributed by atoms with Gasteiger partial charge in [0.15, 0.2) is 0 Å². The van der Waals surface area contributed by atoms with Gasteiger partial charge in [-0.3, -0.25) is 0 Å². The van der Waals surface area contributed by atoms with Crippen LogP contribution in [0.25, 0.3) is 0 Å². The molecular formula is C14H26N2OS. The van der Waals surface area contributed by atoms with Crippen LogP contribution in [0.15, 0.2) is 0 Å². The van der Waals surface area contributed by atoms with Crippen molar-refractivity contribution in [3.05, 3.63) is 15.6 Å². The lowest BCUT2D eigenvalue weighted by Crippen LogP contribution is -2.19. The summed E-state index contributed by atoms with van der Waals surface area (Å²) < 4.78 is 5.62. The molecule has 0 aliphatic carbocycles. The first-order valence-electron chi connectivity index (χ1n) is 6.59. The fourth-order valence-corrected chi connectivity index (χ4v) is 3.29. The van der Waals surface area contributed by atoms with Gasteiger partial charge in [-0.2, -0.15) is 0 Å². The monoisotopic (exact) mass is 270 g/mol. The van der Waals surface area contributed by atoms with E-state index in [4.69, 9.17) is 4.74 Å². The highest BCUT2D eigenvalue weighted by Gasteiger charge is 2.29.